The number of ether oxygens (including phenoxy) is 1. The minimum atomic E-state index is -0.524. The van der Waals surface area contributed by atoms with Crippen molar-refractivity contribution in [3.05, 3.63) is 63.2 Å². The fourth-order valence-electron chi connectivity index (χ4n) is 1.85. The Balaban J connectivity index is 1.86. The molecule has 0 spiro atoms. The molecule has 2 aromatic rings. The van der Waals surface area contributed by atoms with Crippen LogP contribution in [-0.4, -0.2) is 24.2 Å². The Labute approximate surface area is 148 Å². The third kappa shape index (κ3) is 5.47. The number of non-ortho nitro benzene ring substituents is 1. The number of hydrogen-bond acceptors (Lipinski definition) is 6. The second kappa shape index (κ2) is 8.65. The van der Waals surface area contributed by atoms with E-state index in [0.717, 1.165) is 6.21 Å². The van der Waals surface area contributed by atoms with Crippen LogP contribution >= 0.6 is 11.6 Å². The highest BCUT2D eigenvalue weighted by Crippen LogP contribution is 2.27. The predicted molar refractivity (Wildman–Crippen MR) is 93.0 cm³/mol. The van der Waals surface area contributed by atoms with Gasteiger partial charge in [0.25, 0.3) is 11.6 Å². The van der Waals surface area contributed by atoms with Gasteiger partial charge in [0, 0.05) is 17.2 Å². The number of amides is 1. The highest BCUT2D eigenvalue weighted by Gasteiger charge is 2.07. The predicted octanol–water partition coefficient (Wildman–Crippen LogP) is 3.40. The Kier molecular flexibility index (Phi) is 6.30. The second-order valence-corrected chi connectivity index (χ2v) is 5.20. The maximum absolute atomic E-state index is 11.8. The molecule has 1 N–H and O–H groups in total. The van der Waals surface area contributed by atoms with E-state index < -0.39 is 10.8 Å². The molecular formula is C16H14ClN3O5. The van der Waals surface area contributed by atoms with Gasteiger partial charge < -0.3 is 14.9 Å². The van der Waals surface area contributed by atoms with Crippen LogP contribution in [0.25, 0.3) is 0 Å². The molecule has 0 saturated carbocycles. The summed E-state index contributed by atoms with van der Waals surface area (Å²) in [6.07, 6.45) is 0.964. The van der Waals surface area contributed by atoms with Gasteiger partial charge in [-0.25, -0.2) is 0 Å². The number of anilines is 1. The van der Waals surface area contributed by atoms with Crippen molar-refractivity contribution in [1.82, 2.24) is 0 Å². The molecule has 8 nitrogen and oxygen atoms in total. The standard InChI is InChI=1S/C16H14ClN3O5/c1-24-15-7-4-12(17)8-14(15)19-16(21)9-18-25-10-11-2-5-13(6-3-11)20(22)23/h2-9H,10H2,1H3,(H,19,21)/b18-9-. The van der Waals surface area contributed by atoms with E-state index in [2.05, 4.69) is 10.5 Å². The molecular weight excluding hydrogens is 350 g/mol. The number of hydrogen-bond donors (Lipinski definition) is 1. The summed E-state index contributed by atoms with van der Waals surface area (Å²) in [6.45, 7) is 0.0717. The van der Waals surface area contributed by atoms with Gasteiger partial charge in [0.05, 0.1) is 17.7 Å². The molecule has 0 unspecified atom stereocenters. The topological polar surface area (TPSA) is 103 Å². The van der Waals surface area contributed by atoms with Crippen molar-refractivity contribution >= 4 is 35.1 Å². The van der Waals surface area contributed by atoms with Crippen LogP contribution in [0.1, 0.15) is 5.56 Å². The van der Waals surface area contributed by atoms with E-state index in [-0.39, 0.29) is 12.3 Å². The Hall–Kier alpha value is -3.13. The molecule has 9 heteroatoms. The van der Waals surface area contributed by atoms with Gasteiger partial charge in [-0.3, -0.25) is 14.9 Å². The van der Waals surface area contributed by atoms with E-state index in [1.165, 1.54) is 19.2 Å². The number of nitrogens with one attached hydrogen (secondary N) is 1. The van der Waals surface area contributed by atoms with Crippen LogP contribution in [0.3, 0.4) is 0 Å². The van der Waals surface area contributed by atoms with Gasteiger partial charge >= 0.3 is 0 Å². The molecule has 0 aliphatic rings. The van der Waals surface area contributed by atoms with E-state index in [9.17, 15) is 14.9 Å². The number of carbonyl (C=O) groups excluding carboxylic acids is 1. The number of nitrogens with zero attached hydrogens (tertiary/aromatic N) is 2. The van der Waals surface area contributed by atoms with Crippen molar-refractivity contribution in [1.29, 1.82) is 0 Å². The average molecular weight is 364 g/mol. The molecule has 0 aliphatic heterocycles. The van der Waals surface area contributed by atoms with Crippen molar-refractivity contribution in [3.63, 3.8) is 0 Å². The molecule has 0 aromatic heterocycles. The summed E-state index contributed by atoms with van der Waals surface area (Å²) in [5, 5.41) is 17.1. The van der Waals surface area contributed by atoms with Crippen LogP contribution in [0.2, 0.25) is 5.02 Å². The van der Waals surface area contributed by atoms with E-state index in [4.69, 9.17) is 21.2 Å². The first-order valence-corrected chi connectivity index (χ1v) is 7.40. The summed E-state index contributed by atoms with van der Waals surface area (Å²) in [5.41, 5.74) is 1.07. The molecule has 25 heavy (non-hydrogen) atoms. The number of methoxy groups -OCH3 is 1. The van der Waals surface area contributed by atoms with Crippen molar-refractivity contribution in [3.8, 4) is 5.75 Å². The lowest BCUT2D eigenvalue weighted by atomic mass is 10.2. The van der Waals surface area contributed by atoms with Gasteiger partial charge in [-0.1, -0.05) is 16.8 Å². The highest BCUT2D eigenvalue weighted by atomic mass is 35.5. The first-order chi connectivity index (χ1) is 12.0. The number of carbonyl (C=O) groups is 1. The third-order valence-corrected chi connectivity index (χ3v) is 3.28. The normalized spacial score (nSPS) is 10.5. The summed E-state index contributed by atoms with van der Waals surface area (Å²) < 4.78 is 5.11. The maximum atomic E-state index is 11.8. The molecule has 0 bridgehead atoms. The lowest BCUT2D eigenvalue weighted by Gasteiger charge is -2.08. The quantitative estimate of drug-likeness (QED) is 0.461. The molecule has 1 amide bonds. The Morgan fingerprint density at radius 3 is 2.68 bits per heavy atom. The van der Waals surface area contributed by atoms with Crippen LogP contribution < -0.4 is 10.1 Å². The first kappa shape index (κ1) is 18.2. The number of nitro groups is 1. The van der Waals surface area contributed by atoms with Crippen molar-refractivity contribution in [2.24, 2.45) is 5.16 Å². The number of benzene rings is 2. The zero-order valence-electron chi connectivity index (χ0n) is 13.1. The molecule has 0 aliphatic carbocycles. The number of rotatable bonds is 7. The van der Waals surface area contributed by atoms with Gasteiger partial charge in [-0.15, -0.1) is 0 Å². The summed E-state index contributed by atoms with van der Waals surface area (Å²) in [7, 11) is 1.47. The van der Waals surface area contributed by atoms with Crippen molar-refractivity contribution in [2.75, 3.05) is 12.4 Å². The SMILES string of the molecule is COc1ccc(Cl)cc1NC(=O)/C=N\OCc1ccc([N+](=O)[O-])cc1. The van der Waals surface area contributed by atoms with E-state index in [0.29, 0.717) is 22.0 Å². The van der Waals surface area contributed by atoms with E-state index >= 15 is 0 Å². The fraction of sp³-hybridized carbons (Fsp3) is 0.125. The minimum Gasteiger partial charge on any atom is -0.495 e. The zero-order chi connectivity index (χ0) is 18.2. The molecule has 2 rings (SSSR count). The van der Waals surface area contributed by atoms with Crippen LogP contribution in [0.5, 0.6) is 5.75 Å². The molecule has 0 saturated heterocycles. The lowest BCUT2D eigenvalue weighted by molar-refractivity contribution is -0.384. The van der Waals surface area contributed by atoms with E-state index in [1.54, 1.807) is 30.3 Å². The van der Waals surface area contributed by atoms with E-state index in [1.807, 2.05) is 0 Å². The maximum Gasteiger partial charge on any atom is 0.270 e. The van der Waals surface area contributed by atoms with Gasteiger partial charge in [0.2, 0.25) is 0 Å². The van der Waals surface area contributed by atoms with Crippen LogP contribution in [-0.2, 0) is 16.2 Å². The summed E-state index contributed by atoms with van der Waals surface area (Å²) >= 11 is 5.88. The lowest BCUT2D eigenvalue weighted by Crippen LogP contribution is -2.13. The summed E-state index contributed by atoms with van der Waals surface area (Å²) in [6, 6.07) is 10.6. The summed E-state index contributed by atoms with van der Waals surface area (Å²) in [5.74, 6) is -0.0674. The second-order valence-electron chi connectivity index (χ2n) is 4.77. The van der Waals surface area contributed by atoms with Gasteiger partial charge in [0.15, 0.2) is 0 Å². The Morgan fingerprint density at radius 2 is 2.04 bits per heavy atom. The monoisotopic (exact) mass is 363 g/mol. The fourth-order valence-corrected chi connectivity index (χ4v) is 2.03. The largest absolute Gasteiger partial charge is 0.495 e. The van der Waals surface area contributed by atoms with Gasteiger partial charge in [0.1, 0.15) is 18.6 Å². The average Bonchev–Trinajstić information content (AvgIpc) is 2.59. The molecule has 0 atom stereocenters. The molecule has 0 heterocycles. The number of nitro benzene ring substituents is 1. The Bertz CT molecular complexity index is 793. The third-order valence-electron chi connectivity index (χ3n) is 3.04. The van der Waals surface area contributed by atoms with Gasteiger partial charge in [-0.2, -0.15) is 0 Å². The Morgan fingerprint density at radius 1 is 1.32 bits per heavy atom. The van der Waals surface area contributed by atoms with Crippen molar-refractivity contribution in [2.45, 2.75) is 6.61 Å². The zero-order valence-corrected chi connectivity index (χ0v) is 13.9. The first-order valence-electron chi connectivity index (χ1n) is 7.03. The van der Waals surface area contributed by atoms with Crippen LogP contribution in [0.15, 0.2) is 47.6 Å². The minimum absolute atomic E-state index is 0.0119. The van der Waals surface area contributed by atoms with Crippen molar-refractivity contribution < 1.29 is 19.3 Å². The number of oxime groups is 1. The van der Waals surface area contributed by atoms with Crippen LogP contribution in [0.4, 0.5) is 11.4 Å². The van der Waals surface area contributed by atoms with Gasteiger partial charge in [-0.05, 0) is 35.9 Å². The molecule has 0 fully saturated rings. The molecule has 2 aromatic carbocycles. The molecule has 0 radical (unpaired) electrons. The number of halogens is 1. The smallest absolute Gasteiger partial charge is 0.270 e. The highest BCUT2D eigenvalue weighted by molar-refractivity contribution is 6.33. The van der Waals surface area contributed by atoms with Crippen LogP contribution in [0, 0.1) is 10.1 Å². The summed E-state index contributed by atoms with van der Waals surface area (Å²) in [4.78, 5) is 26.9. The molecule has 130 valence electrons.